The van der Waals surface area contributed by atoms with Crippen LogP contribution in [-0.4, -0.2) is 69.0 Å². The number of hydrogen-bond acceptors (Lipinski definition) is 5. The quantitative estimate of drug-likeness (QED) is 0.621. The second-order valence-corrected chi connectivity index (χ2v) is 7.30. The summed E-state index contributed by atoms with van der Waals surface area (Å²) in [6.07, 6.45) is 3.63. The van der Waals surface area contributed by atoms with Crippen LogP contribution >= 0.6 is 0 Å². The lowest BCUT2D eigenvalue weighted by atomic mass is 10.2. The predicted molar refractivity (Wildman–Crippen MR) is 106 cm³/mol. The highest BCUT2D eigenvalue weighted by Crippen LogP contribution is 2.32. The molecule has 3 aliphatic heterocycles. The second kappa shape index (κ2) is 8.80. The molecule has 0 aliphatic carbocycles. The van der Waals surface area contributed by atoms with Gasteiger partial charge in [0.15, 0.2) is 17.5 Å². The van der Waals surface area contributed by atoms with Gasteiger partial charge in [0.25, 0.3) is 0 Å². The fourth-order valence-corrected chi connectivity index (χ4v) is 3.87. The van der Waals surface area contributed by atoms with Crippen molar-refractivity contribution in [3.8, 4) is 11.5 Å². The summed E-state index contributed by atoms with van der Waals surface area (Å²) < 4.78 is 17.5. The molecule has 0 aromatic heterocycles. The summed E-state index contributed by atoms with van der Waals surface area (Å²) in [4.78, 5) is 7.30. The molecule has 2 unspecified atom stereocenters. The van der Waals surface area contributed by atoms with Crippen LogP contribution < -0.4 is 20.1 Å². The summed E-state index contributed by atoms with van der Waals surface area (Å²) in [6.45, 7) is 7.92. The van der Waals surface area contributed by atoms with Gasteiger partial charge in [0.1, 0.15) is 0 Å². The maximum absolute atomic E-state index is 6.02. The molecule has 0 saturated carbocycles. The van der Waals surface area contributed by atoms with Crippen molar-refractivity contribution in [2.24, 2.45) is 4.99 Å². The molecular formula is C20H30N4O3. The Balaban J connectivity index is 1.38. The van der Waals surface area contributed by atoms with Crippen LogP contribution in [0.25, 0.3) is 0 Å². The van der Waals surface area contributed by atoms with Crippen LogP contribution in [0.1, 0.15) is 26.2 Å². The first kappa shape index (κ1) is 18.4. The van der Waals surface area contributed by atoms with Gasteiger partial charge in [0.2, 0.25) is 0 Å². The van der Waals surface area contributed by atoms with Crippen molar-refractivity contribution >= 4 is 11.6 Å². The minimum Gasteiger partial charge on any atom is -0.490 e. The van der Waals surface area contributed by atoms with E-state index in [0.29, 0.717) is 25.8 Å². The van der Waals surface area contributed by atoms with Crippen molar-refractivity contribution in [3.63, 3.8) is 0 Å². The molecule has 1 aromatic rings. The Morgan fingerprint density at radius 1 is 1.22 bits per heavy atom. The average Bonchev–Trinajstić information content (AvgIpc) is 3.03. The number of aliphatic imine (C=N–C) groups is 1. The molecule has 27 heavy (non-hydrogen) atoms. The topological polar surface area (TPSA) is 67.4 Å². The fourth-order valence-electron chi connectivity index (χ4n) is 3.87. The van der Waals surface area contributed by atoms with E-state index in [1.165, 1.54) is 19.4 Å². The first-order valence-corrected chi connectivity index (χ1v) is 10.1. The van der Waals surface area contributed by atoms with E-state index in [2.05, 4.69) is 22.5 Å². The molecule has 4 rings (SSSR count). The lowest BCUT2D eigenvalue weighted by Gasteiger charge is -2.34. The number of ether oxygens (including phenoxy) is 3. The van der Waals surface area contributed by atoms with Gasteiger partial charge in [0.05, 0.1) is 32.5 Å². The third kappa shape index (κ3) is 4.65. The van der Waals surface area contributed by atoms with E-state index in [0.717, 1.165) is 49.3 Å². The lowest BCUT2D eigenvalue weighted by Crippen LogP contribution is -2.47. The van der Waals surface area contributed by atoms with E-state index in [4.69, 9.17) is 19.2 Å². The van der Waals surface area contributed by atoms with E-state index in [1.54, 1.807) is 0 Å². The molecular weight excluding hydrogens is 344 g/mol. The number of benzene rings is 1. The summed E-state index contributed by atoms with van der Waals surface area (Å²) in [6, 6.07) is 6.54. The standard InChI is InChI=1S/C20H30N4O3/c1-2-21-20(22-12-17-13-24-8-3-5-16(24)14-27-17)23-15-6-7-18-19(11-15)26-10-4-9-25-18/h6-7,11,16-17H,2-5,8-10,12-14H2,1H3,(H2,21,22,23). The van der Waals surface area contributed by atoms with Crippen LogP contribution in [0.4, 0.5) is 5.69 Å². The molecule has 1 aromatic carbocycles. The zero-order chi connectivity index (χ0) is 18.5. The Morgan fingerprint density at radius 3 is 3.00 bits per heavy atom. The number of nitrogens with zero attached hydrogens (tertiary/aromatic N) is 2. The van der Waals surface area contributed by atoms with Gasteiger partial charge in [0, 0.05) is 37.3 Å². The number of rotatable bonds is 4. The molecule has 0 spiro atoms. The lowest BCUT2D eigenvalue weighted by molar-refractivity contribution is -0.0431. The van der Waals surface area contributed by atoms with Crippen molar-refractivity contribution in [1.29, 1.82) is 0 Å². The first-order valence-electron chi connectivity index (χ1n) is 10.1. The molecule has 148 valence electrons. The Hall–Kier alpha value is -1.99. The molecule has 2 atom stereocenters. The molecule has 7 nitrogen and oxygen atoms in total. The SMILES string of the molecule is CCNC(=NCC1CN2CCCC2CO1)Nc1ccc2c(c1)OCCCO2. The zero-order valence-corrected chi connectivity index (χ0v) is 16.1. The summed E-state index contributed by atoms with van der Waals surface area (Å²) in [7, 11) is 0. The van der Waals surface area contributed by atoms with Gasteiger partial charge in [-0.25, -0.2) is 0 Å². The Morgan fingerprint density at radius 2 is 2.11 bits per heavy atom. The predicted octanol–water partition coefficient (Wildman–Crippen LogP) is 2.09. The second-order valence-electron chi connectivity index (χ2n) is 7.30. The molecule has 3 aliphatic rings. The molecule has 2 saturated heterocycles. The van der Waals surface area contributed by atoms with E-state index >= 15 is 0 Å². The number of anilines is 1. The molecule has 0 radical (unpaired) electrons. The van der Waals surface area contributed by atoms with Gasteiger partial charge >= 0.3 is 0 Å². The van der Waals surface area contributed by atoms with Crippen LogP contribution in [0.2, 0.25) is 0 Å². The van der Waals surface area contributed by atoms with Crippen molar-refractivity contribution in [3.05, 3.63) is 18.2 Å². The van der Waals surface area contributed by atoms with Crippen LogP contribution in [0.5, 0.6) is 11.5 Å². The minimum atomic E-state index is 0.165. The van der Waals surface area contributed by atoms with Gasteiger partial charge < -0.3 is 24.8 Å². The van der Waals surface area contributed by atoms with Gasteiger partial charge in [-0.15, -0.1) is 0 Å². The summed E-state index contributed by atoms with van der Waals surface area (Å²) in [5.41, 5.74) is 0.933. The van der Waals surface area contributed by atoms with Gasteiger partial charge in [-0.05, 0) is 38.4 Å². The number of guanidine groups is 1. The van der Waals surface area contributed by atoms with Crippen molar-refractivity contribution in [1.82, 2.24) is 10.2 Å². The monoisotopic (exact) mass is 374 g/mol. The van der Waals surface area contributed by atoms with Crippen molar-refractivity contribution in [2.75, 3.05) is 51.3 Å². The highest BCUT2D eigenvalue weighted by Gasteiger charge is 2.32. The van der Waals surface area contributed by atoms with Crippen LogP contribution in [-0.2, 0) is 4.74 Å². The highest BCUT2D eigenvalue weighted by molar-refractivity contribution is 5.93. The zero-order valence-electron chi connectivity index (χ0n) is 16.1. The summed E-state index contributed by atoms with van der Waals surface area (Å²) in [5, 5.41) is 6.68. The Labute approximate surface area is 161 Å². The van der Waals surface area contributed by atoms with E-state index in [1.807, 2.05) is 18.2 Å². The Kier molecular flexibility index (Phi) is 5.99. The minimum absolute atomic E-state index is 0.165. The van der Waals surface area contributed by atoms with Gasteiger partial charge in [-0.3, -0.25) is 9.89 Å². The first-order chi connectivity index (χ1) is 13.3. The average molecular weight is 374 g/mol. The van der Waals surface area contributed by atoms with E-state index in [-0.39, 0.29) is 6.10 Å². The van der Waals surface area contributed by atoms with E-state index in [9.17, 15) is 0 Å². The van der Waals surface area contributed by atoms with Gasteiger partial charge in [-0.2, -0.15) is 0 Å². The van der Waals surface area contributed by atoms with Crippen molar-refractivity contribution in [2.45, 2.75) is 38.3 Å². The van der Waals surface area contributed by atoms with Crippen LogP contribution in [0.3, 0.4) is 0 Å². The van der Waals surface area contributed by atoms with E-state index < -0.39 is 0 Å². The largest absolute Gasteiger partial charge is 0.490 e. The van der Waals surface area contributed by atoms with Crippen LogP contribution in [0.15, 0.2) is 23.2 Å². The maximum Gasteiger partial charge on any atom is 0.195 e. The molecule has 0 bridgehead atoms. The summed E-state index contributed by atoms with van der Waals surface area (Å²) >= 11 is 0. The molecule has 2 N–H and O–H groups in total. The number of hydrogen-bond donors (Lipinski definition) is 2. The third-order valence-electron chi connectivity index (χ3n) is 5.27. The highest BCUT2D eigenvalue weighted by atomic mass is 16.5. The third-order valence-corrected chi connectivity index (χ3v) is 5.27. The normalized spacial score (nSPS) is 25.6. The smallest absolute Gasteiger partial charge is 0.195 e. The number of nitrogens with one attached hydrogen (secondary N) is 2. The van der Waals surface area contributed by atoms with Gasteiger partial charge in [-0.1, -0.05) is 0 Å². The molecule has 2 fully saturated rings. The molecule has 0 amide bonds. The number of fused-ring (bicyclic) bond motifs is 2. The molecule has 3 heterocycles. The molecule has 7 heteroatoms. The number of morpholine rings is 1. The summed E-state index contributed by atoms with van der Waals surface area (Å²) in [5.74, 6) is 2.35. The fraction of sp³-hybridized carbons (Fsp3) is 0.650. The van der Waals surface area contributed by atoms with Crippen molar-refractivity contribution < 1.29 is 14.2 Å². The maximum atomic E-state index is 6.02. The van der Waals surface area contributed by atoms with Crippen LogP contribution in [0, 0.1) is 0 Å². The Bertz CT molecular complexity index is 667.